The number of thiophene rings is 1. The van der Waals surface area contributed by atoms with Crippen LogP contribution < -0.4 is 5.56 Å². The standard InChI is InChI=1S/C17H19N5O2S/c1-10-13-15(18-9-21(2)16(13)23)25-14(10)17(24)22-7-3-4-11(8-22)12-5-6-19-20-12/h5-6,9,11H,3-4,7-8H2,1-2H3,(H,19,20). The van der Waals surface area contributed by atoms with E-state index in [1.807, 2.05) is 17.9 Å². The van der Waals surface area contributed by atoms with Gasteiger partial charge in [0, 0.05) is 37.9 Å². The Morgan fingerprint density at radius 3 is 3.04 bits per heavy atom. The van der Waals surface area contributed by atoms with Crippen LogP contribution in [0.5, 0.6) is 0 Å². The molecule has 1 aliphatic heterocycles. The molecule has 1 unspecified atom stereocenters. The van der Waals surface area contributed by atoms with E-state index in [1.165, 1.54) is 22.2 Å². The maximum absolute atomic E-state index is 13.1. The third-order valence-electron chi connectivity index (χ3n) is 4.88. The lowest BCUT2D eigenvalue weighted by molar-refractivity contribution is 0.0710. The first-order valence-electron chi connectivity index (χ1n) is 8.29. The molecule has 1 fully saturated rings. The molecular formula is C17H19N5O2S. The maximum atomic E-state index is 13.1. The molecule has 25 heavy (non-hydrogen) atoms. The van der Waals surface area contributed by atoms with Crippen molar-refractivity contribution in [3.8, 4) is 0 Å². The Balaban J connectivity index is 1.67. The first-order valence-corrected chi connectivity index (χ1v) is 9.11. The number of likely N-dealkylation sites (tertiary alicyclic amines) is 1. The lowest BCUT2D eigenvalue weighted by Crippen LogP contribution is -2.39. The average Bonchev–Trinajstić information content (AvgIpc) is 3.26. The lowest BCUT2D eigenvalue weighted by Gasteiger charge is -2.32. The Labute approximate surface area is 148 Å². The van der Waals surface area contributed by atoms with E-state index in [2.05, 4.69) is 15.2 Å². The molecule has 0 spiro atoms. The van der Waals surface area contributed by atoms with Gasteiger partial charge in [-0.25, -0.2) is 4.98 Å². The third kappa shape index (κ3) is 2.66. The Kier molecular flexibility index (Phi) is 3.91. The third-order valence-corrected chi connectivity index (χ3v) is 6.06. The molecule has 130 valence electrons. The number of piperidine rings is 1. The van der Waals surface area contributed by atoms with Gasteiger partial charge in [0.2, 0.25) is 0 Å². The highest BCUT2D eigenvalue weighted by Gasteiger charge is 2.29. The van der Waals surface area contributed by atoms with Gasteiger partial charge in [-0.15, -0.1) is 11.3 Å². The fraction of sp³-hybridized carbons (Fsp3) is 0.412. The predicted molar refractivity (Wildman–Crippen MR) is 96.1 cm³/mol. The van der Waals surface area contributed by atoms with Crippen LogP contribution in [0.3, 0.4) is 0 Å². The van der Waals surface area contributed by atoms with Crippen LogP contribution in [-0.2, 0) is 7.05 Å². The number of H-pyrrole nitrogens is 1. The number of aryl methyl sites for hydroxylation is 2. The Morgan fingerprint density at radius 2 is 2.28 bits per heavy atom. The molecule has 1 amide bonds. The minimum atomic E-state index is -0.105. The molecule has 8 heteroatoms. The van der Waals surface area contributed by atoms with E-state index in [1.54, 1.807) is 13.2 Å². The second-order valence-corrected chi connectivity index (χ2v) is 7.50. The molecule has 0 aromatic carbocycles. The molecule has 1 N–H and O–H groups in total. The smallest absolute Gasteiger partial charge is 0.264 e. The van der Waals surface area contributed by atoms with Crippen molar-refractivity contribution in [3.63, 3.8) is 0 Å². The van der Waals surface area contributed by atoms with Crippen LogP contribution in [0, 0.1) is 6.92 Å². The summed E-state index contributed by atoms with van der Waals surface area (Å²) in [7, 11) is 1.67. The fourth-order valence-electron chi connectivity index (χ4n) is 3.47. The van der Waals surface area contributed by atoms with Crippen molar-refractivity contribution < 1.29 is 4.79 Å². The van der Waals surface area contributed by atoms with Gasteiger partial charge in [-0.1, -0.05) is 0 Å². The normalized spacial score (nSPS) is 18.0. The number of hydrogen-bond donors (Lipinski definition) is 1. The monoisotopic (exact) mass is 357 g/mol. The predicted octanol–water partition coefficient (Wildman–Crippen LogP) is 2.05. The number of carbonyl (C=O) groups excluding carboxylic acids is 1. The summed E-state index contributed by atoms with van der Waals surface area (Å²) in [6, 6.07) is 1.97. The Hall–Kier alpha value is -2.48. The number of nitrogens with one attached hydrogen (secondary N) is 1. The molecule has 3 aromatic rings. The summed E-state index contributed by atoms with van der Waals surface area (Å²) in [6.45, 7) is 3.24. The maximum Gasteiger partial charge on any atom is 0.264 e. The minimum absolute atomic E-state index is 0.00762. The van der Waals surface area contributed by atoms with Crippen LogP contribution >= 0.6 is 11.3 Å². The number of fused-ring (bicyclic) bond motifs is 1. The fourth-order valence-corrected chi connectivity index (χ4v) is 4.57. The average molecular weight is 357 g/mol. The Bertz CT molecular complexity index is 989. The van der Waals surface area contributed by atoms with Crippen LogP contribution in [0.15, 0.2) is 23.4 Å². The van der Waals surface area contributed by atoms with E-state index < -0.39 is 0 Å². The highest BCUT2D eigenvalue weighted by molar-refractivity contribution is 7.20. The number of rotatable bonds is 2. The van der Waals surface area contributed by atoms with Crippen molar-refractivity contribution >= 4 is 27.5 Å². The SMILES string of the molecule is Cc1c(C(=O)N2CCCC(c3ccn[nH]3)C2)sc2ncn(C)c(=O)c12. The van der Waals surface area contributed by atoms with E-state index in [-0.39, 0.29) is 17.4 Å². The second-order valence-electron chi connectivity index (χ2n) is 6.50. The molecule has 0 saturated carbocycles. The van der Waals surface area contributed by atoms with Gasteiger partial charge in [0.05, 0.1) is 16.6 Å². The minimum Gasteiger partial charge on any atom is -0.337 e. The van der Waals surface area contributed by atoms with Crippen molar-refractivity contribution in [2.75, 3.05) is 13.1 Å². The van der Waals surface area contributed by atoms with Gasteiger partial charge >= 0.3 is 0 Å². The summed E-state index contributed by atoms with van der Waals surface area (Å²) < 4.78 is 1.45. The van der Waals surface area contributed by atoms with Crippen molar-refractivity contribution in [1.82, 2.24) is 24.6 Å². The number of carbonyl (C=O) groups is 1. The van der Waals surface area contributed by atoms with Crippen LogP contribution in [0.25, 0.3) is 10.2 Å². The summed E-state index contributed by atoms with van der Waals surface area (Å²) >= 11 is 1.31. The quantitative estimate of drug-likeness (QED) is 0.761. The highest BCUT2D eigenvalue weighted by Crippen LogP contribution is 2.31. The number of nitrogens with zero attached hydrogens (tertiary/aromatic N) is 4. The van der Waals surface area contributed by atoms with Gasteiger partial charge in [0.1, 0.15) is 4.83 Å². The van der Waals surface area contributed by atoms with Gasteiger partial charge < -0.3 is 9.47 Å². The molecular weight excluding hydrogens is 338 g/mol. The molecule has 4 rings (SSSR count). The second kappa shape index (κ2) is 6.11. The van der Waals surface area contributed by atoms with Gasteiger partial charge in [0.25, 0.3) is 11.5 Å². The molecule has 1 saturated heterocycles. The first kappa shape index (κ1) is 16.0. The molecule has 3 aromatic heterocycles. The molecule has 4 heterocycles. The zero-order valence-corrected chi connectivity index (χ0v) is 15.0. The van der Waals surface area contributed by atoms with Crippen LogP contribution in [-0.4, -0.2) is 43.6 Å². The summed E-state index contributed by atoms with van der Waals surface area (Å²) in [4.78, 5) is 32.9. The van der Waals surface area contributed by atoms with Crippen molar-refractivity contribution in [1.29, 1.82) is 0 Å². The van der Waals surface area contributed by atoms with Crippen molar-refractivity contribution in [3.05, 3.63) is 45.1 Å². The van der Waals surface area contributed by atoms with E-state index in [9.17, 15) is 9.59 Å². The van der Waals surface area contributed by atoms with Gasteiger partial charge in [0.15, 0.2) is 0 Å². The molecule has 1 atom stereocenters. The first-order chi connectivity index (χ1) is 12.1. The van der Waals surface area contributed by atoms with Crippen LogP contribution in [0.1, 0.15) is 39.7 Å². The molecule has 1 aliphatic rings. The van der Waals surface area contributed by atoms with E-state index >= 15 is 0 Å². The largest absolute Gasteiger partial charge is 0.337 e. The van der Waals surface area contributed by atoms with Crippen LogP contribution in [0.4, 0.5) is 0 Å². The molecule has 0 radical (unpaired) electrons. The van der Waals surface area contributed by atoms with Gasteiger partial charge in [-0.2, -0.15) is 5.10 Å². The summed E-state index contributed by atoms with van der Waals surface area (Å²) in [5.74, 6) is 0.271. The summed E-state index contributed by atoms with van der Waals surface area (Å²) in [6.07, 6.45) is 5.25. The van der Waals surface area contributed by atoms with E-state index in [0.29, 0.717) is 21.6 Å². The zero-order valence-electron chi connectivity index (χ0n) is 14.2. The van der Waals surface area contributed by atoms with E-state index in [4.69, 9.17) is 0 Å². The van der Waals surface area contributed by atoms with Crippen molar-refractivity contribution in [2.24, 2.45) is 7.05 Å². The number of hydrogen-bond acceptors (Lipinski definition) is 5. The lowest BCUT2D eigenvalue weighted by atomic mass is 9.94. The molecule has 0 aliphatic carbocycles. The van der Waals surface area contributed by atoms with Crippen molar-refractivity contribution in [2.45, 2.75) is 25.7 Å². The van der Waals surface area contributed by atoms with Crippen LogP contribution in [0.2, 0.25) is 0 Å². The summed E-state index contributed by atoms with van der Waals surface area (Å²) in [5.41, 5.74) is 1.70. The Morgan fingerprint density at radius 1 is 1.44 bits per heavy atom. The molecule has 0 bridgehead atoms. The van der Waals surface area contributed by atoms with E-state index in [0.717, 1.165) is 30.6 Å². The number of aromatic amines is 1. The topological polar surface area (TPSA) is 83.9 Å². The number of aromatic nitrogens is 4. The summed E-state index contributed by atoms with van der Waals surface area (Å²) in [5, 5.41) is 7.58. The highest BCUT2D eigenvalue weighted by atomic mass is 32.1. The van der Waals surface area contributed by atoms with Gasteiger partial charge in [-0.05, 0) is 31.4 Å². The van der Waals surface area contributed by atoms with Gasteiger partial charge in [-0.3, -0.25) is 14.7 Å². The number of amides is 1. The zero-order chi connectivity index (χ0) is 17.6. The molecule has 7 nitrogen and oxygen atoms in total.